The Hall–Kier alpha value is 0.440. The molecular formula is C12H24BrN. The normalized spacial score (nSPS) is 30.6. The number of likely N-dealkylation sites (tertiary alicyclic amines) is 1. The summed E-state index contributed by atoms with van der Waals surface area (Å²) >= 11 is 3.73. The topological polar surface area (TPSA) is 3.24 Å². The first kappa shape index (κ1) is 12.5. The van der Waals surface area contributed by atoms with E-state index in [1.54, 1.807) is 0 Å². The van der Waals surface area contributed by atoms with Gasteiger partial charge in [0.05, 0.1) is 0 Å². The van der Waals surface area contributed by atoms with E-state index in [1.165, 1.54) is 32.4 Å². The van der Waals surface area contributed by atoms with Crippen LogP contribution in [0.5, 0.6) is 0 Å². The van der Waals surface area contributed by atoms with Crippen molar-refractivity contribution in [3.63, 3.8) is 0 Å². The van der Waals surface area contributed by atoms with Crippen LogP contribution in [0.1, 0.15) is 47.0 Å². The first-order valence-corrected chi connectivity index (χ1v) is 6.68. The monoisotopic (exact) mass is 261 g/mol. The molecule has 1 rings (SSSR count). The van der Waals surface area contributed by atoms with E-state index in [0.29, 0.717) is 5.41 Å². The fraction of sp³-hybridized carbons (Fsp3) is 1.00. The van der Waals surface area contributed by atoms with Crippen LogP contribution in [-0.2, 0) is 0 Å². The lowest BCUT2D eigenvalue weighted by Crippen LogP contribution is -2.43. The summed E-state index contributed by atoms with van der Waals surface area (Å²) in [5.74, 6) is 0. The number of alkyl halides is 1. The Kier molecular flexibility index (Phi) is 4.45. The molecule has 0 N–H and O–H groups in total. The number of nitrogens with zero attached hydrogens (tertiary/aromatic N) is 1. The van der Waals surface area contributed by atoms with Gasteiger partial charge in [0, 0.05) is 17.4 Å². The summed E-state index contributed by atoms with van der Waals surface area (Å²) in [5.41, 5.74) is 0.471. The molecule has 84 valence electrons. The Bertz CT molecular complexity index is 174. The number of piperidine rings is 1. The smallest absolute Gasteiger partial charge is 0.0273 e. The van der Waals surface area contributed by atoms with E-state index in [0.717, 1.165) is 10.9 Å². The third kappa shape index (κ3) is 4.31. The van der Waals surface area contributed by atoms with Gasteiger partial charge in [-0.3, -0.25) is 4.90 Å². The summed E-state index contributed by atoms with van der Waals surface area (Å²) in [4.78, 5) is 3.35. The molecule has 1 aliphatic heterocycles. The van der Waals surface area contributed by atoms with Crippen molar-refractivity contribution in [3.8, 4) is 0 Å². The maximum Gasteiger partial charge on any atom is 0.0273 e. The molecule has 1 heterocycles. The van der Waals surface area contributed by atoms with Crippen molar-refractivity contribution in [1.29, 1.82) is 0 Å². The van der Waals surface area contributed by atoms with Crippen molar-refractivity contribution in [2.75, 3.05) is 13.1 Å². The predicted molar refractivity (Wildman–Crippen MR) is 67.1 cm³/mol. The maximum absolute atomic E-state index is 3.73. The van der Waals surface area contributed by atoms with E-state index in [1.807, 2.05) is 0 Å². The van der Waals surface area contributed by atoms with Gasteiger partial charge in [-0.1, -0.05) is 36.7 Å². The summed E-state index contributed by atoms with van der Waals surface area (Å²) in [6, 6.07) is 0.783. The maximum atomic E-state index is 3.73. The highest BCUT2D eigenvalue weighted by atomic mass is 79.9. The molecule has 0 spiro atoms. The molecule has 1 nitrogen and oxygen atoms in total. The van der Waals surface area contributed by atoms with Gasteiger partial charge in [-0.2, -0.15) is 0 Å². The first-order valence-electron chi connectivity index (χ1n) is 5.76. The van der Waals surface area contributed by atoms with E-state index in [9.17, 15) is 0 Å². The molecule has 0 bridgehead atoms. The van der Waals surface area contributed by atoms with Crippen molar-refractivity contribution < 1.29 is 0 Å². The van der Waals surface area contributed by atoms with E-state index in [-0.39, 0.29) is 0 Å². The third-order valence-electron chi connectivity index (χ3n) is 3.10. The highest BCUT2D eigenvalue weighted by molar-refractivity contribution is 9.09. The average molecular weight is 262 g/mol. The molecule has 0 aromatic heterocycles. The molecule has 0 saturated carbocycles. The summed E-state index contributed by atoms with van der Waals surface area (Å²) < 4.78 is 0. The number of hydrogen-bond donors (Lipinski definition) is 0. The van der Waals surface area contributed by atoms with Crippen LogP contribution in [0.3, 0.4) is 0 Å². The average Bonchev–Trinajstić information content (AvgIpc) is 2.05. The van der Waals surface area contributed by atoms with Gasteiger partial charge in [0.2, 0.25) is 0 Å². The lowest BCUT2D eigenvalue weighted by Gasteiger charge is -2.37. The van der Waals surface area contributed by atoms with Crippen LogP contribution in [0.15, 0.2) is 0 Å². The summed E-state index contributed by atoms with van der Waals surface area (Å²) in [5, 5.41) is 0. The second kappa shape index (κ2) is 4.98. The minimum Gasteiger partial charge on any atom is -0.300 e. The lowest BCUT2D eigenvalue weighted by molar-refractivity contribution is 0.145. The van der Waals surface area contributed by atoms with Gasteiger partial charge in [0.1, 0.15) is 0 Å². The lowest BCUT2D eigenvalue weighted by atomic mass is 9.91. The Morgan fingerprint density at radius 2 is 1.93 bits per heavy atom. The molecule has 0 aromatic rings. The predicted octanol–water partition coefficient (Wildman–Crippen LogP) is 3.67. The van der Waals surface area contributed by atoms with Crippen LogP contribution in [0, 0.1) is 5.41 Å². The molecule has 2 atom stereocenters. The zero-order valence-electron chi connectivity index (χ0n) is 10.0. The molecule has 0 aromatic carbocycles. The van der Waals surface area contributed by atoms with Crippen LogP contribution in [0.25, 0.3) is 0 Å². The molecule has 14 heavy (non-hydrogen) atoms. The first-order chi connectivity index (χ1) is 6.38. The zero-order valence-corrected chi connectivity index (χ0v) is 11.6. The van der Waals surface area contributed by atoms with Gasteiger partial charge in [0.15, 0.2) is 0 Å². The largest absolute Gasteiger partial charge is 0.300 e. The molecule has 0 amide bonds. The van der Waals surface area contributed by atoms with E-state index in [4.69, 9.17) is 0 Å². The van der Waals surface area contributed by atoms with E-state index >= 15 is 0 Å². The van der Waals surface area contributed by atoms with Gasteiger partial charge >= 0.3 is 0 Å². The summed E-state index contributed by atoms with van der Waals surface area (Å²) in [6.07, 6.45) is 3.99. The van der Waals surface area contributed by atoms with Crippen molar-refractivity contribution in [2.45, 2.75) is 57.8 Å². The van der Waals surface area contributed by atoms with Gasteiger partial charge < -0.3 is 0 Å². The molecule has 2 unspecified atom stereocenters. The van der Waals surface area contributed by atoms with Crippen molar-refractivity contribution in [3.05, 3.63) is 0 Å². The highest BCUT2D eigenvalue weighted by Crippen LogP contribution is 2.25. The fourth-order valence-corrected chi connectivity index (χ4v) is 2.56. The van der Waals surface area contributed by atoms with Crippen LogP contribution < -0.4 is 0 Å². The molecule has 1 saturated heterocycles. The minimum atomic E-state index is 0.471. The van der Waals surface area contributed by atoms with Crippen LogP contribution in [-0.4, -0.2) is 28.9 Å². The van der Waals surface area contributed by atoms with Crippen molar-refractivity contribution >= 4 is 15.9 Å². The SMILES string of the molecule is CC1CCC(Br)CN1CCC(C)(C)C. The van der Waals surface area contributed by atoms with E-state index < -0.39 is 0 Å². The Morgan fingerprint density at radius 3 is 2.50 bits per heavy atom. The van der Waals surface area contributed by atoms with Crippen LogP contribution in [0.4, 0.5) is 0 Å². The van der Waals surface area contributed by atoms with Gasteiger partial charge in [0.25, 0.3) is 0 Å². The molecule has 2 heteroatoms. The third-order valence-corrected chi connectivity index (χ3v) is 3.85. The minimum absolute atomic E-state index is 0.471. The Morgan fingerprint density at radius 1 is 1.29 bits per heavy atom. The molecule has 0 aliphatic carbocycles. The summed E-state index contributed by atoms with van der Waals surface area (Å²) in [7, 11) is 0. The van der Waals surface area contributed by atoms with Crippen molar-refractivity contribution in [2.24, 2.45) is 5.41 Å². The standard InChI is InChI=1S/C12H24BrN/c1-10-5-6-11(13)9-14(10)8-7-12(2,3)4/h10-11H,5-9H2,1-4H3. The molecule has 1 aliphatic rings. The fourth-order valence-electron chi connectivity index (χ4n) is 1.92. The second-order valence-electron chi connectivity index (χ2n) is 5.83. The summed E-state index contributed by atoms with van der Waals surface area (Å²) in [6.45, 7) is 11.8. The highest BCUT2D eigenvalue weighted by Gasteiger charge is 2.24. The van der Waals surface area contributed by atoms with Crippen LogP contribution in [0.2, 0.25) is 0 Å². The number of rotatable bonds is 2. The van der Waals surface area contributed by atoms with E-state index in [2.05, 4.69) is 48.5 Å². The molecule has 1 fully saturated rings. The molecule has 0 radical (unpaired) electrons. The van der Waals surface area contributed by atoms with Gasteiger partial charge in [-0.05, 0) is 38.1 Å². The quantitative estimate of drug-likeness (QED) is 0.686. The molecular weight excluding hydrogens is 238 g/mol. The van der Waals surface area contributed by atoms with Gasteiger partial charge in [-0.25, -0.2) is 0 Å². The Labute approximate surface area is 97.4 Å². The van der Waals surface area contributed by atoms with Crippen molar-refractivity contribution in [1.82, 2.24) is 4.90 Å². The number of hydrogen-bond acceptors (Lipinski definition) is 1. The van der Waals surface area contributed by atoms with Crippen LogP contribution >= 0.6 is 15.9 Å². The second-order valence-corrected chi connectivity index (χ2v) is 7.12. The Balaban J connectivity index is 2.35. The number of halogens is 1. The van der Waals surface area contributed by atoms with Gasteiger partial charge in [-0.15, -0.1) is 0 Å². The zero-order chi connectivity index (χ0) is 10.8.